The molecule has 0 bridgehead atoms. The Morgan fingerprint density at radius 2 is 1.82 bits per heavy atom. The molecule has 0 spiro atoms. The number of rotatable bonds is 8. The number of Topliss-reactive ketones (excluding diaryl/α,β-unsaturated/α-hetero) is 1. The number of anilines is 1. The Morgan fingerprint density at radius 3 is 2.53 bits per heavy atom. The first-order chi connectivity index (χ1) is 21.8. The van der Waals surface area contributed by atoms with Crippen molar-refractivity contribution in [2.75, 3.05) is 37.6 Å². The number of carbonyl (C=O) groups excluding carboxylic acids is 3. The number of halogens is 2. The minimum atomic E-state index is -0.847. The normalized spacial score (nSPS) is 16.5. The highest BCUT2D eigenvalue weighted by atomic mass is 35.5. The number of tetrazole rings is 1. The summed E-state index contributed by atoms with van der Waals surface area (Å²) in [6.07, 6.45) is 4.80. The molecule has 1 saturated heterocycles. The lowest BCUT2D eigenvalue weighted by Gasteiger charge is -2.39. The molecule has 1 unspecified atom stereocenters. The van der Waals surface area contributed by atoms with Gasteiger partial charge in [-0.15, -0.1) is 5.10 Å². The molecule has 230 valence electrons. The first kappa shape index (κ1) is 30.1. The van der Waals surface area contributed by atoms with Gasteiger partial charge in [0.1, 0.15) is 18.2 Å². The lowest BCUT2D eigenvalue weighted by molar-refractivity contribution is -0.136. The lowest BCUT2D eigenvalue weighted by Crippen LogP contribution is -2.46. The minimum absolute atomic E-state index is 0.0471. The SMILES string of the molecule is NC(=O)c1ccc(CC(=O)C2c3cccc(N4CCNCC4)c3CCN2C(=O)/C=C/c2cc(Cl)c(F)cc2-n2cnnn2)cc1. The van der Waals surface area contributed by atoms with Crippen molar-refractivity contribution in [3.05, 3.63) is 106 Å². The summed E-state index contributed by atoms with van der Waals surface area (Å²) >= 11 is 6.07. The second-order valence-electron chi connectivity index (χ2n) is 10.9. The number of nitrogens with one attached hydrogen (secondary N) is 1. The van der Waals surface area contributed by atoms with Crippen molar-refractivity contribution >= 4 is 41.0 Å². The van der Waals surface area contributed by atoms with Gasteiger partial charge in [0, 0.05) is 68.1 Å². The van der Waals surface area contributed by atoms with Crippen LogP contribution in [0.1, 0.15) is 38.7 Å². The van der Waals surface area contributed by atoms with Crippen molar-refractivity contribution < 1.29 is 18.8 Å². The van der Waals surface area contributed by atoms with Crippen molar-refractivity contribution in [3.8, 4) is 5.69 Å². The van der Waals surface area contributed by atoms with Crippen LogP contribution >= 0.6 is 11.6 Å². The molecular formula is C32H30ClFN8O3. The third-order valence-electron chi connectivity index (χ3n) is 8.13. The van der Waals surface area contributed by atoms with Crippen LogP contribution in [0.3, 0.4) is 0 Å². The Kier molecular flexibility index (Phi) is 8.67. The number of primary amides is 1. The van der Waals surface area contributed by atoms with Crippen LogP contribution in [-0.4, -0.2) is 75.4 Å². The Morgan fingerprint density at radius 1 is 1.04 bits per heavy atom. The Hall–Kier alpha value is -4.94. The van der Waals surface area contributed by atoms with Gasteiger partial charge in [-0.05, 0) is 63.9 Å². The van der Waals surface area contributed by atoms with Gasteiger partial charge in [-0.1, -0.05) is 35.9 Å². The highest BCUT2D eigenvalue weighted by Crippen LogP contribution is 2.37. The zero-order valence-corrected chi connectivity index (χ0v) is 25.0. The number of aromatic nitrogens is 4. The van der Waals surface area contributed by atoms with E-state index in [-0.39, 0.29) is 17.2 Å². The van der Waals surface area contributed by atoms with Gasteiger partial charge in [0.2, 0.25) is 11.8 Å². The van der Waals surface area contributed by atoms with E-state index in [1.165, 1.54) is 35.3 Å². The molecule has 2 amide bonds. The molecule has 1 atom stereocenters. The molecule has 1 fully saturated rings. The van der Waals surface area contributed by atoms with E-state index < -0.39 is 23.7 Å². The predicted octanol–water partition coefficient (Wildman–Crippen LogP) is 2.91. The second-order valence-corrected chi connectivity index (χ2v) is 11.3. The zero-order chi connectivity index (χ0) is 31.5. The summed E-state index contributed by atoms with van der Waals surface area (Å²) in [5.74, 6) is -1.77. The van der Waals surface area contributed by atoms with Gasteiger partial charge in [0.25, 0.3) is 0 Å². The molecule has 2 aliphatic heterocycles. The van der Waals surface area contributed by atoms with E-state index in [0.717, 1.165) is 43.0 Å². The molecule has 45 heavy (non-hydrogen) atoms. The van der Waals surface area contributed by atoms with Crippen molar-refractivity contribution in [1.29, 1.82) is 0 Å². The van der Waals surface area contributed by atoms with Crippen LogP contribution < -0.4 is 16.0 Å². The Bertz CT molecular complexity index is 1770. The fourth-order valence-corrected chi connectivity index (χ4v) is 6.11. The summed E-state index contributed by atoms with van der Waals surface area (Å²) in [4.78, 5) is 43.4. The molecule has 1 aromatic heterocycles. The number of fused-ring (bicyclic) bond motifs is 1. The third-order valence-corrected chi connectivity index (χ3v) is 8.42. The van der Waals surface area contributed by atoms with Gasteiger partial charge in [-0.2, -0.15) is 4.68 Å². The van der Waals surface area contributed by atoms with E-state index in [2.05, 4.69) is 31.8 Å². The van der Waals surface area contributed by atoms with Crippen LogP contribution in [0, 0.1) is 5.82 Å². The zero-order valence-electron chi connectivity index (χ0n) is 24.2. The summed E-state index contributed by atoms with van der Waals surface area (Å²) in [5.41, 5.74) is 10.1. The Balaban J connectivity index is 1.34. The molecule has 11 nitrogen and oxygen atoms in total. The van der Waals surface area contributed by atoms with Crippen molar-refractivity contribution in [3.63, 3.8) is 0 Å². The number of piperazine rings is 1. The molecule has 4 aromatic rings. The van der Waals surface area contributed by atoms with Gasteiger partial charge >= 0.3 is 0 Å². The number of nitrogens with zero attached hydrogens (tertiary/aromatic N) is 6. The summed E-state index contributed by atoms with van der Waals surface area (Å²) in [7, 11) is 0. The maximum Gasteiger partial charge on any atom is 0.248 e. The number of hydrogen-bond acceptors (Lipinski definition) is 8. The topological polar surface area (TPSA) is 139 Å². The molecule has 13 heteroatoms. The number of carbonyl (C=O) groups is 3. The van der Waals surface area contributed by atoms with E-state index in [9.17, 15) is 18.8 Å². The molecular weight excluding hydrogens is 599 g/mol. The van der Waals surface area contributed by atoms with Crippen LogP contribution in [0.15, 0.2) is 67.0 Å². The summed E-state index contributed by atoms with van der Waals surface area (Å²) in [5, 5.41) is 14.3. The van der Waals surface area contributed by atoms with Crippen LogP contribution in [0.25, 0.3) is 11.8 Å². The molecule has 3 aromatic carbocycles. The smallest absolute Gasteiger partial charge is 0.248 e. The number of hydrogen-bond donors (Lipinski definition) is 2. The van der Waals surface area contributed by atoms with E-state index in [4.69, 9.17) is 17.3 Å². The maximum atomic E-state index is 14.3. The van der Waals surface area contributed by atoms with Crippen molar-refractivity contribution in [2.45, 2.75) is 18.9 Å². The van der Waals surface area contributed by atoms with Crippen LogP contribution in [-0.2, 0) is 22.4 Å². The average molecular weight is 629 g/mol. The fourth-order valence-electron chi connectivity index (χ4n) is 5.93. The van der Waals surface area contributed by atoms with Crippen molar-refractivity contribution in [1.82, 2.24) is 30.4 Å². The van der Waals surface area contributed by atoms with Gasteiger partial charge < -0.3 is 20.9 Å². The highest BCUT2D eigenvalue weighted by Gasteiger charge is 2.36. The van der Waals surface area contributed by atoms with E-state index in [0.29, 0.717) is 35.3 Å². The number of ketones is 1. The quantitative estimate of drug-likeness (QED) is 0.284. The minimum Gasteiger partial charge on any atom is -0.369 e. The monoisotopic (exact) mass is 628 g/mol. The molecule has 6 rings (SSSR count). The first-order valence-electron chi connectivity index (χ1n) is 14.5. The Labute approximate surface area is 263 Å². The molecule has 3 N–H and O–H groups in total. The fraction of sp³-hybridized carbons (Fsp3) is 0.250. The van der Waals surface area contributed by atoms with E-state index in [1.807, 2.05) is 12.1 Å². The second kappa shape index (κ2) is 13.0. The van der Waals surface area contributed by atoms with Gasteiger partial charge in [0.05, 0.1) is 10.7 Å². The molecule has 3 heterocycles. The summed E-state index contributed by atoms with van der Waals surface area (Å²) in [6, 6.07) is 14.2. The number of amides is 2. The molecule has 0 aliphatic carbocycles. The molecule has 2 aliphatic rings. The van der Waals surface area contributed by atoms with Crippen LogP contribution in [0.4, 0.5) is 10.1 Å². The first-order valence-corrected chi connectivity index (χ1v) is 14.9. The van der Waals surface area contributed by atoms with E-state index in [1.54, 1.807) is 29.2 Å². The standard InChI is InChI=1S/C32H30ClFN8O3/c33-25-17-22(28(18-26(25)34)42-19-37-38-39-42)8-9-30(44)41-13-10-23-24(2-1-3-27(23)40-14-11-36-12-15-40)31(41)29(43)16-20-4-6-21(7-5-20)32(35)45/h1-9,17-19,31,36H,10-16H2,(H2,35,45)/b9-8+. The summed E-state index contributed by atoms with van der Waals surface area (Å²) < 4.78 is 15.6. The lowest BCUT2D eigenvalue weighted by atomic mass is 9.86. The predicted molar refractivity (Wildman–Crippen MR) is 167 cm³/mol. The largest absolute Gasteiger partial charge is 0.369 e. The number of nitrogens with two attached hydrogens (primary N) is 1. The van der Waals surface area contributed by atoms with Gasteiger partial charge in [-0.3, -0.25) is 14.4 Å². The van der Waals surface area contributed by atoms with Gasteiger partial charge in [-0.25, -0.2) is 4.39 Å². The third kappa shape index (κ3) is 6.33. The van der Waals surface area contributed by atoms with Crippen LogP contribution in [0.5, 0.6) is 0 Å². The maximum absolute atomic E-state index is 14.3. The summed E-state index contributed by atoms with van der Waals surface area (Å²) in [6.45, 7) is 3.74. The molecule has 0 radical (unpaired) electrons. The molecule has 0 saturated carbocycles. The van der Waals surface area contributed by atoms with Gasteiger partial charge in [0.15, 0.2) is 5.78 Å². The average Bonchev–Trinajstić information content (AvgIpc) is 3.60. The number of benzene rings is 3. The highest BCUT2D eigenvalue weighted by molar-refractivity contribution is 6.31. The van der Waals surface area contributed by atoms with Crippen molar-refractivity contribution in [2.24, 2.45) is 5.73 Å². The van der Waals surface area contributed by atoms with Crippen LogP contribution in [0.2, 0.25) is 5.02 Å². The van der Waals surface area contributed by atoms with E-state index >= 15 is 0 Å².